The molecule has 0 aliphatic carbocycles. The molecule has 0 amide bonds. The molecule has 1 aromatic heterocycles. The van der Waals surface area contributed by atoms with Gasteiger partial charge in [0, 0.05) is 19.3 Å². The van der Waals surface area contributed by atoms with Gasteiger partial charge in [-0.3, -0.25) is 0 Å². The summed E-state index contributed by atoms with van der Waals surface area (Å²) < 4.78 is 0. The summed E-state index contributed by atoms with van der Waals surface area (Å²) in [6.07, 6.45) is 3.79. The molecule has 2 rings (SSSR count). The van der Waals surface area contributed by atoms with Gasteiger partial charge in [0.2, 0.25) is 5.95 Å². The van der Waals surface area contributed by atoms with E-state index in [-0.39, 0.29) is 11.8 Å². The van der Waals surface area contributed by atoms with E-state index in [1.807, 2.05) is 11.8 Å². The van der Waals surface area contributed by atoms with E-state index in [1.54, 1.807) is 0 Å². The minimum Gasteiger partial charge on any atom is -0.388 e. The third kappa shape index (κ3) is 2.93. The smallest absolute Gasteiger partial charge is 0.223 e. The summed E-state index contributed by atoms with van der Waals surface area (Å²) in [7, 11) is 0. The van der Waals surface area contributed by atoms with Crippen LogP contribution in [0.3, 0.4) is 0 Å². The third-order valence-corrected chi connectivity index (χ3v) is 3.34. The Hall–Kier alpha value is -1.89. The lowest BCUT2D eigenvalue weighted by Gasteiger charge is -2.30. The van der Waals surface area contributed by atoms with Gasteiger partial charge in [-0.05, 0) is 26.2 Å². The van der Waals surface area contributed by atoms with Crippen LogP contribution in [0.25, 0.3) is 0 Å². The second kappa shape index (κ2) is 5.00. The molecule has 1 atom stereocenters. The fraction of sp³-hybridized carbons (Fsp3) is 0.583. The van der Waals surface area contributed by atoms with Crippen molar-refractivity contribution in [1.29, 1.82) is 5.41 Å². The number of aliphatic hydroxyl groups is 1. The molecule has 1 fully saturated rings. The van der Waals surface area contributed by atoms with Crippen molar-refractivity contribution in [1.82, 2.24) is 9.97 Å². The van der Waals surface area contributed by atoms with Crippen molar-refractivity contribution >= 4 is 23.8 Å². The standard InChI is InChI=1S/C12H20N6O/c1-12(19)4-2-3-5-18(7-12)10-8(6-13)9(14)16-11(15)17-10/h6,13,19H,2-5,7H2,1H3,(H4,14,15,16,17). The van der Waals surface area contributed by atoms with Crippen LogP contribution in [0.2, 0.25) is 0 Å². The summed E-state index contributed by atoms with van der Waals surface area (Å²) >= 11 is 0. The highest BCUT2D eigenvalue weighted by Gasteiger charge is 2.29. The molecule has 1 aromatic rings. The summed E-state index contributed by atoms with van der Waals surface area (Å²) in [4.78, 5) is 9.98. The van der Waals surface area contributed by atoms with Crippen LogP contribution in [-0.2, 0) is 0 Å². The first-order valence-electron chi connectivity index (χ1n) is 6.34. The first-order valence-corrected chi connectivity index (χ1v) is 6.34. The average Bonchev–Trinajstić information content (AvgIpc) is 2.49. The number of anilines is 3. The summed E-state index contributed by atoms with van der Waals surface area (Å²) in [5, 5.41) is 17.7. The summed E-state index contributed by atoms with van der Waals surface area (Å²) in [5.41, 5.74) is 11.1. The van der Waals surface area contributed by atoms with Crippen LogP contribution in [0.15, 0.2) is 0 Å². The molecular weight excluding hydrogens is 244 g/mol. The Kier molecular flexibility index (Phi) is 3.57. The highest BCUT2D eigenvalue weighted by atomic mass is 16.3. The number of aromatic nitrogens is 2. The fourth-order valence-electron chi connectivity index (χ4n) is 2.43. The highest BCUT2D eigenvalue weighted by molar-refractivity contribution is 5.90. The minimum atomic E-state index is -0.774. The molecular formula is C12H20N6O. The summed E-state index contributed by atoms with van der Waals surface area (Å²) in [6.45, 7) is 3.01. The van der Waals surface area contributed by atoms with Crippen molar-refractivity contribution in [2.75, 3.05) is 29.5 Å². The molecule has 1 aliphatic heterocycles. The lowest BCUT2D eigenvalue weighted by Crippen LogP contribution is -2.40. The molecule has 0 aromatic carbocycles. The maximum absolute atomic E-state index is 10.3. The van der Waals surface area contributed by atoms with Crippen molar-refractivity contribution in [2.45, 2.75) is 31.8 Å². The molecule has 104 valence electrons. The van der Waals surface area contributed by atoms with Gasteiger partial charge in [0.15, 0.2) is 0 Å². The topological polar surface area (TPSA) is 125 Å². The number of β-amino-alcohol motifs (C(OH)–C–C–N with tert-alkyl or cyclic N) is 1. The van der Waals surface area contributed by atoms with E-state index in [9.17, 15) is 5.11 Å². The van der Waals surface area contributed by atoms with Crippen molar-refractivity contribution in [2.24, 2.45) is 0 Å². The van der Waals surface area contributed by atoms with Gasteiger partial charge in [-0.1, -0.05) is 0 Å². The number of nitrogens with one attached hydrogen (secondary N) is 1. The number of hydrogen-bond donors (Lipinski definition) is 4. The predicted molar refractivity (Wildman–Crippen MR) is 75.4 cm³/mol. The number of hydrogen-bond acceptors (Lipinski definition) is 7. The molecule has 0 radical (unpaired) electrons. The Labute approximate surface area is 112 Å². The molecule has 0 saturated carbocycles. The van der Waals surface area contributed by atoms with Crippen LogP contribution in [0.1, 0.15) is 31.7 Å². The third-order valence-electron chi connectivity index (χ3n) is 3.34. The van der Waals surface area contributed by atoms with E-state index in [0.29, 0.717) is 17.9 Å². The Morgan fingerprint density at radius 1 is 1.37 bits per heavy atom. The Morgan fingerprint density at radius 3 is 2.79 bits per heavy atom. The number of nitrogens with zero attached hydrogens (tertiary/aromatic N) is 3. The average molecular weight is 264 g/mol. The Bertz CT molecular complexity index is 487. The SMILES string of the molecule is CC1(O)CCCCN(c2nc(N)nc(N)c2C=N)C1. The molecule has 0 spiro atoms. The van der Waals surface area contributed by atoms with Gasteiger partial charge in [0.05, 0.1) is 11.2 Å². The molecule has 7 heteroatoms. The van der Waals surface area contributed by atoms with Crippen molar-refractivity contribution in [3.05, 3.63) is 5.56 Å². The largest absolute Gasteiger partial charge is 0.388 e. The molecule has 2 heterocycles. The molecule has 19 heavy (non-hydrogen) atoms. The van der Waals surface area contributed by atoms with Crippen LogP contribution >= 0.6 is 0 Å². The predicted octanol–water partition coefficient (Wildman–Crippen LogP) is 0.380. The van der Waals surface area contributed by atoms with Crippen LogP contribution in [0.5, 0.6) is 0 Å². The molecule has 1 saturated heterocycles. The van der Waals surface area contributed by atoms with Gasteiger partial charge >= 0.3 is 0 Å². The van der Waals surface area contributed by atoms with Crippen molar-refractivity contribution < 1.29 is 5.11 Å². The zero-order chi connectivity index (χ0) is 14.0. The van der Waals surface area contributed by atoms with Crippen molar-refractivity contribution in [3.8, 4) is 0 Å². The minimum absolute atomic E-state index is 0.0852. The highest BCUT2D eigenvalue weighted by Crippen LogP contribution is 2.27. The first-order chi connectivity index (χ1) is 8.93. The van der Waals surface area contributed by atoms with E-state index >= 15 is 0 Å². The van der Waals surface area contributed by atoms with E-state index in [2.05, 4.69) is 9.97 Å². The summed E-state index contributed by atoms with van der Waals surface area (Å²) in [6, 6.07) is 0. The fourth-order valence-corrected chi connectivity index (χ4v) is 2.43. The molecule has 7 nitrogen and oxygen atoms in total. The maximum Gasteiger partial charge on any atom is 0.223 e. The first kappa shape index (κ1) is 13.5. The van der Waals surface area contributed by atoms with E-state index in [0.717, 1.165) is 32.0 Å². The van der Waals surface area contributed by atoms with Gasteiger partial charge in [-0.2, -0.15) is 9.97 Å². The lowest BCUT2D eigenvalue weighted by atomic mass is 10.0. The quantitative estimate of drug-likeness (QED) is 0.572. The molecule has 0 bridgehead atoms. The normalized spacial score (nSPS) is 24.0. The van der Waals surface area contributed by atoms with Crippen molar-refractivity contribution in [3.63, 3.8) is 0 Å². The van der Waals surface area contributed by atoms with E-state index < -0.39 is 5.60 Å². The Balaban J connectivity index is 2.42. The van der Waals surface area contributed by atoms with Crippen LogP contribution in [0, 0.1) is 5.41 Å². The molecule has 1 unspecified atom stereocenters. The van der Waals surface area contributed by atoms with Gasteiger partial charge in [0.1, 0.15) is 11.6 Å². The van der Waals surface area contributed by atoms with Gasteiger partial charge < -0.3 is 26.9 Å². The van der Waals surface area contributed by atoms with E-state index in [1.165, 1.54) is 0 Å². The lowest BCUT2D eigenvalue weighted by molar-refractivity contribution is 0.0611. The van der Waals surface area contributed by atoms with Crippen LogP contribution < -0.4 is 16.4 Å². The van der Waals surface area contributed by atoms with Gasteiger partial charge in [-0.25, -0.2) is 0 Å². The Morgan fingerprint density at radius 2 is 2.11 bits per heavy atom. The zero-order valence-corrected chi connectivity index (χ0v) is 11.1. The zero-order valence-electron chi connectivity index (χ0n) is 11.1. The van der Waals surface area contributed by atoms with Gasteiger partial charge in [0.25, 0.3) is 0 Å². The second-order valence-electron chi connectivity index (χ2n) is 5.22. The number of nitrogen functional groups attached to an aromatic ring is 2. The van der Waals surface area contributed by atoms with Crippen LogP contribution in [0.4, 0.5) is 17.6 Å². The maximum atomic E-state index is 10.3. The molecule has 1 aliphatic rings. The number of nitrogens with two attached hydrogens (primary N) is 2. The number of rotatable bonds is 2. The monoisotopic (exact) mass is 264 g/mol. The molecule has 6 N–H and O–H groups in total. The summed E-state index contributed by atoms with van der Waals surface area (Å²) in [5.74, 6) is 0.811. The van der Waals surface area contributed by atoms with Crippen LogP contribution in [-0.4, -0.2) is 40.0 Å². The van der Waals surface area contributed by atoms with Gasteiger partial charge in [-0.15, -0.1) is 0 Å². The van der Waals surface area contributed by atoms with E-state index in [4.69, 9.17) is 16.9 Å². The second-order valence-corrected chi connectivity index (χ2v) is 5.22.